The topological polar surface area (TPSA) is 42.4 Å². The molecule has 0 radical (unpaired) electrons. The first kappa shape index (κ1) is 12.5. The van der Waals surface area contributed by atoms with Crippen LogP contribution >= 0.6 is 11.8 Å². The van der Waals surface area contributed by atoms with E-state index in [1.165, 1.54) is 10.5 Å². The lowest BCUT2D eigenvalue weighted by Crippen LogP contribution is -2.09. The number of thioether (sulfide) groups is 1. The van der Waals surface area contributed by atoms with Gasteiger partial charge in [-0.25, -0.2) is 0 Å². The molecule has 1 aromatic carbocycles. The van der Waals surface area contributed by atoms with Crippen LogP contribution in [0.3, 0.4) is 0 Å². The molecule has 3 rings (SSSR count). The van der Waals surface area contributed by atoms with E-state index in [2.05, 4.69) is 29.2 Å². The number of rotatable bonds is 4. The predicted molar refractivity (Wildman–Crippen MR) is 75.6 cm³/mol. The molecule has 0 aliphatic carbocycles. The van der Waals surface area contributed by atoms with E-state index in [9.17, 15) is 0 Å². The van der Waals surface area contributed by atoms with Gasteiger partial charge in [0, 0.05) is 16.6 Å². The highest BCUT2D eigenvalue weighted by molar-refractivity contribution is 7.99. The Labute approximate surface area is 116 Å². The van der Waals surface area contributed by atoms with Crippen LogP contribution in [0.2, 0.25) is 0 Å². The number of aromatic nitrogens is 1. The first-order valence-electron chi connectivity index (χ1n) is 6.27. The van der Waals surface area contributed by atoms with Crippen LogP contribution < -0.4 is 4.74 Å². The molecular formula is C15H15NO2S. The summed E-state index contributed by atoms with van der Waals surface area (Å²) in [5.41, 5.74) is 2.04. The van der Waals surface area contributed by atoms with E-state index in [1.807, 2.05) is 17.8 Å². The lowest BCUT2D eigenvalue weighted by atomic mass is 10.0. The molecule has 19 heavy (non-hydrogen) atoms. The molecule has 0 amide bonds. The second-order valence-corrected chi connectivity index (χ2v) is 5.56. The van der Waals surface area contributed by atoms with Crippen molar-refractivity contribution in [2.45, 2.75) is 17.4 Å². The quantitative estimate of drug-likeness (QED) is 0.930. The normalized spacial score (nSPS) is 17.2. The number of aliphatic hydroxyl groups is 1. The first-order chi connectivity index (χ1) is 9.36. The van der Waals surface area contributed by atoms with Crippen molar-refractivity contribution < 1.29 is 9.84 Å². The van der Waals surface area contributed by atoms with Gasteiger partial charge in [-0.05, 0) is 23.8 Å². The summed E-state index contributed by atoms with van der Waals surface area (Å²) in [5.74, 6) is 2.27. The molecule has 0 fully saturated rings. The second kappa shape index (κ2) is 5.63. The van der Waals surface area contributed by atoms with Crippen molar-refractivity contribution in [2.75, 3.05) is 12.4 Å². The van der Waals surface area contributed by atoms with Gasteiger partial charge < -0.3 is 9.84 Å². The molecular weight excluding hydrogens is 258 g/mol. The van der Waals surface area contributed by atoms with Gasteiger partial charge in [0.25, 0.3) is 0 Å². The number of fused-ring (bicyclic) bond motifs is 1. The van der Waals surface area contributed by atoms with Crippen LogP contribution in [-0.2, 0) is 6.61 Å². The minimum atomic E-state index is -0.0348. The minimum Gasteiger partial charge on any atom is -0.491 e. The Morgan fingerprint density at radius 1 is 1.26 bits per heavy atom. The first-order valence-corrected chi connectivity index (χ1v) is 7.25. The molecule has 1 unspecified atom stereocenters. The van der Waals surface area contributed by atoms with Crippen LogP contribution in [0.4, 0.5) is 0 Å². The predicted octanol–water partition coefficient (Wildman–Crippen LogP) is 2.84. The lowest BCUT2D eigenvalue weighted by molar-refractivity contribution is 0.274. The zero-order valence-electron chi connectivity index (χ0n) is 10.5. The van der Waals surface area contributed by atoms with Gasteiger partial charge in [0.1, 0.15) is 5.75 Å². The van der Waals surface area contributed by atoms with E-state index in [-0.39, 0.29) is 6.61 Å². The summed E-state index contributed by atoms with van der Waals surface area (Å²) in [6.07, 6.45) is 1.67. The summed E-state index contributed by atoms with van der Waals surface area (Å²) in [5, 5.41) is 8.93. The van der Waals surface area contributed by atoms with Gasteiger partial charge in [0.15, 0.2) is 0 Å². The maximum Gasteiger partial charge on any atom is 0.137 e. The fourth-order valence-corrected chi connectivity index (χ4v) is 3.39. The Kier molecular flexibility index (Phi) is 3.71. The highest BCUT2D eigenvalue weighted by Crippen LogP contribution is 2.39. The lowest BCUT2D eigenvalue weighted by Gasteiger charge is -2.12. The number of hydrogen-bond acceptors (Lipinski definition) is 4. The van der Waals surface area contributed by atoms with Crippen LogP contribution in [0.5, 0.6) is 5.75 Å². The molecule has 0 saturated heterocycles. The Bertz CT molecular complexity index is 556. The molecule has 98 valence electrons. The Morgan fingerprint density at radius 3 is 2.95 bits per heavy atom. The van der Waals surface area contributed by atoms with E-state index in [1.54, 1.807) is 12.3 Å². The second-order valence-electron chi connectivity index (χ2n) is 4.50. The van der Waals surface area contributed by atoms with E-state index in [0.29, 0.717) is 18.2 Å². The minimum absolute atomic E-state index is 0.0348. The van der Waals surface area contributed by atoms with E-state index in [4.69, 9.17) is 9.84 Å². The maximum absolute atomic E-state index is 8.93. The smallest absolute Gasteiger partial charge is 0.137 e. The summed E-state index contributed by atoms with van der Waals surface area (Å²) in [7, 11) is 0. The summed E-state index contributed by atoms with van der Waals surface area (Å²) in [6.45, 7) is 0.636. The van der Waals surface area contributed by atoms with Gasteiger partial charge in [-0.1, -0.05) is 18.2 Å². The van der Waals surface area contributed by atoms with Gasteiger partial charge in [-0.15, -0.1) is 11.8 Å². The molecule has 4 heteroatoms. The molecule has 1 aliphatic heterocycles. The fraction of sp³-hybridized carbons (Fsp3) is 0.267. The largest absolute Gasteiger partial charge is 0.491 e. The van der Waals surface area contributed by atoms with Crippen LogP contribution in [0, 0.1) is 0 Å². The average Bonchev–Trinajstić information content (AvgIpc) is 2.89. The molecule has 2 heterocycles. The SMILES string of the molecule is OCc1ccc(OCC2CSc3ccccc32)cn1. The highest BCUT2D eigenvalue weighted by Gasteiger charge is 2.23. The van der Waals surface area contributed by atoms with Crippen molar-refractivity contribution >= 4 is 11.8 Å². The Balaban J connectivity index is 1.64. The van der Waals surface area contributed by atoms with Crippen molar-refractivity contribution in [1.29, 1.82) is 0 Å². The zero-order valence-corrected chi connectivity index (χ0v) is 11.3. The number of ether oxygens (including phenoxy) is 1. The van der Waals surface area contributed by atoms with Gasteiger partial charge in [0.2, 0.25) is 0 Å². The van der Waals surface area contributed by atoms with E-state index < -0.39 is 0 Å². The molecule has 0 saturated carbocycles. The molecule has 2 aromatic rings. The Hall–Kier alpha value is -1.52. The van der Waals surface area contributed by atoms with Crippen molar-refractivity contribution in [3.05, 3.63) is 53.9 Å². The fourth-order valence-electron chi connectivity index (χ4n) is 2.15. The van der Waals surface area contributed by atoms with Crippen molar-refractivity contribution in [2.24, 2.45) is 0 Å². The molecule has 1 aromatic heterocycles. The van der Waals surface area contributed by atoms with Crippen LogP contribution in [-0.4, -0.2) is 22.5 Å². The maximum atomic E-state index is 8.93. The van der Waals surface area contributed by atoms with Crippen LogP contribution in [0.15, 0.2) is 47.5 Å². The molecule has 3 nitrogen and oxygen atoms in total. The third-order valence-electron chi connectivity index (χ3n) is 3.21. The summed E-state index contributed by atoms with van der Waals surface area (Å²) in [4.78, 5) is 5.47. The summed E-state index contributed by atoms with van der Waals surface area (Å²) in [6, 6.07) is 12.1. The van der Waals surface area contributed by atoms with Gasteiger partial charge in [-0.2, -0.15) is 0 Å². The average molecular weight is 273 g/mol. The monoisotopic (exact) mass is 273 g/mol. The van der Waals surface area contributed by atoms with E-state index in [0.717, 1.165) is 11.5 Å². The van der Waals surface area contributed by atoms with Gasteiger partial charge >= 0.3 is 0 Å². The molecule has 1 aliphatic rings. The third kappa shape index (κ3) is 2.74. The van der Waals surface area contributed by atoms with E-state index >= 15 is 0 Å². The van der Waals surface area contributed by atoms with Crippen molar-refractivity contribution in [1.82, 2.24) is 4.98 Å². The molecule has 0 bridgehead atoms. The zero-order chi connectivity index (χ0) is 13.1. The number of hydrogen-bond donors (Lipinski definition) is 1. The van der Waals surface area contributed by atoms with Crippen LogP contribution in [0.25, 0.3) is 0 Å². The molecule has 1 atom stereocenters. The number of pyridine rings is 1. The highest BCUT2D eigenvalue weighted by atomic mass is 32.2. The molecule has 1 N–H and O–H groups in total. The third-order valence-corrected chi connectivity index (χ3v) is 4.46. The number of benzene rings is 1. The van der Waals surface area contributed by atoms with Gasteiger partial charge in [-0.3, -0.25) is 4.98 Å². The summed E-state index contributed by atoms with van der Waals surface area (Å²) < 4.78 is 5.79. The Morgan fingerprint density at radius 2 is 2.16 bits per heavy atom. The van der Waals surface area contributed by atoms with Crippen molar-refractivity contribution in [3.8, 4) is 5.75 Å². The standard InChI is InChI=1S/C15H15NO2S/c17-8-12-5-6-13(7-16-12)18-9-11-10-19-15-4-2-1-3-14(11)15/h1-7,11,17H,8-10H2. The van der Waals surface area contributed by atoms with Crippen molar-refractivity contribution in [3.63, 3.8) is 0 Å². The molecule has 0 spiro atoms. The number of nitrogens with zero attached hydrogens (tertiary/aromatic N) is 1. The van der Waals surface area contributed by atoms with Crippen LogP contribution in [0.1, 0.15) is 17.2 Å². The summed E-state index contributed by atoms with van der Waals surface area (Å²) >= 11 is 1.89. The van der Waals surface area contributed by atoms with Gasteiger partial charge in [0.05, 0.1) is 25.1 Å². The number of aliphatic hydroxyl groups excluding tert-OH is 1.